The summed E-state index contributed by atoms with van der Waals surface area (Å²) in [6, 6.07) is -3.04. The molecule has 10 nitrogen and oxygen atoms in total. The van der Waals surface area contributed by atoms with Crippen LogP contribution in [0.25, 0.3) is 0 Å². The van der Waals surface area contributed by atoms with Crippen LogP contribution in [0.2, 0.25) is 0 Å². The zero-order chi connectivity index (χ0) is 27.6. The van der Waals surface area contributed by atoms with Crippen LogP contribution in [0.3, 0.4) is 0 Å². The van der Waals surface area contributed by atoms with Crippen molar-refractivity contribution in [1.29, 1.82) is 0 Å². The molecule has 0 aromatic rings. The monoisotopic (exact) mass is 544 g/mol. The van der Waals surface area contributed by atoms with Crippen LogP contribution < -0.4 is 21.3 Å². The first-order chi connectivity index (χ1) is 17.1. The lowest BCUT2D eigenvalue weighted by atomic mass is 9.95. The molecule has 1 saturated heterocycles. The molecule has 1 aliphatic heterocycles. The highest BCUT2D eigenvalue weighted by Crippen LogP contribution is 2.48. The van der Waals surface area contributed by atoms with E-state index in [0.717, 1.165) is 0 Å². The van der Waals surface area contributed by atoms with E-state index in [1.807, 2.05) is 0 Å². The summed E-state index contributed by atoms with van der Waals surface area (Å²) >= 11 is 0. The van der Waals surface area contributed by atoms with Crippen LogP contribution in [0, 0.1) is 11.8 Å². The Morgan fingerprint density at radius 1 is 0.946 bits per heavy atom. The van der Waals surface area contributed by atoms with Gasteiger partial charge in [0.2, 0.25) is 11.8 Å². The summed E-state index contributed by atoms with van der Waals surface area (Å²) in [5, 5.41) is 8.41. The summed E-state index contributed by atoms with van der Waals surface area (Å²) < 4.78 is 80.1. The van der Waals surface area contributed by atoms with Gasteiger partial charge in [-0.1, -0.05) is 12.8 Å². The number of halogens is 6. The van der Waals surface area contributed by atoms with Crippen LogP contribution in [-0.2, 0) is 28.7 Å². The molecule has 16 heteroatoms. The lowest BCUT2D eigenvalue weighted by molar-refractivity contribution is -0.321. The van der Waals surface area contributed by atoms with Crippen molar-refractivity contribution in [3.8, 4) is 0 Å². The van der Waals surface area contributed by atoms with Gasteiger partial charge < -0.3 is 21.3 Å². The number of alkyl halides is 6. The third-order valence-electron chi connectivity index (χ3n) is 6.51. The average Bonchev–Trinajstić information content (AvgIpc) is 3.71. The number of hydrogen-bond donors (Lipinski definition) is 4. The van der Waals surface area contributed by atoms with Crippen molar-refractivity contribution in [3.05, 3.63) is 0 Å². The number of carbonyl (C=O) groups excluding carboxylic acids is 5. The van der Waals surface area contributed by atoms with Gasteiger partial charge in [0.05, 0.1) is 6.04 Å². The molecule has 4 N–H and O–H groups in total. The summed E-state index contributed by atoms with van der Waals surface area (Å²) in [7, 11) is 0. The second kappa shape index (κ2) is 10.8. The number of hydrogen-bond acceptors (Lipinski definition) is 6. The van der Waals surface area contributed by atoms with Crippen LogP contribution in [0.4, 0.5) is 26.3 Å². The van der Waals surface area contributed by atoms with Gasteiger partial charge in [-0.25, -0.2) is 0 Å². The molecule has 37 heavy (non-hydrogen) atoms. The number of Topliss-reactive ketones (excluding diaryl/α,β-unsaturated/α-hetero) is 1. The predicted octanol–water partition coefficient (Wildman–Crippen LogP) is 0.599. The molecule has 2 saturated carbocycles. The van der Waals surface area contributed by atoms with Crippen molar-refractivity contribution in [3.63, 3.8) is 0 Å². The topological polar surface area (TPSA) is 143 Å². The van der Waals surface area contributed by atoms with E-state index in [-0.39, 0.29) is 31.7 Å². The minimum atomic E-state index is -5.12. The zero-order valence-electron chi connectivity index (χ0n) is 19.4. The highest BCUT2D eigenvalue weighted by molar-refractivity contribution is 6.35. The van der Waals surface area contributed by atoms with Crippen molar-refractivity contribution in [2.45, 2.75) is 75.1 Å². The minimum absolute atomic E-state index is 0.0147. The quantitative estimate of drug-likeness (QED) is 0.222. The Kier molecular flexibility index (Phi) is 8.39. The third kappa shape index (κ3) is 8.04. The molecule has 0 aromatic heterocycles. The molecule has 3 fully saturated rings. The number of ether oxygens (including phenoxy) is 1. The predicted molar refractivity (Wildman–Crippen MR) is 110 cm³/mol. The van der Waals surface area contributed by atoms with Crippen LogP contribution >= 0.6 is 0 Å². The summed E-state index contributed by atoms with van der Waals surface area (Å²) in [6.45, 7) is -1.17. The molecule has 0 unspecified atom stereocenters. The summed E-state index contributed by atoms with van der Waals surface area (Å²) in [6.07, 6.45) is -9.44. The number of carbonyl (C=O) groups is 5. The smallest absolute Gasteiger partial charge is 0.356 e. The molecular formula is C21H26F6N4O6. The molecule has 3 aliphatic rings. The van der Waals surface area contributed by atoms with Crippen LogP contribution in [0.1, 0.15) is 44.9 Å². The largest absolute Gasteiger partial charge is 0.522 e. The molecule has 1 heterocycles. The highest BCUT2D eigenvalue weighted by Gasteiger charge is 2.64. The lowest BCUT2D eigenvalue weighted by Crippen LogP contribution is -2.57. The zero-order valence-corrected chi connectivity index (χ0v) is 19.4. The molecular weight excluding hydrogens is 518 g/mol. The Morgan fingerprint density at radius 2 is 1.59 bits per heavy atom. The summed E-state index contributed by atoms with van der Waals surface area (Å²) in [5.41, 5.74) is -2.51. The standard InChI is InChI=1S/C21H26F6N4O6/c22-20(23,24)19(4-5-19)31-18(36)17(35)30-13(7-10-1-2-10)16(34)29-12(8-11-3-6-28-15(11)33)14(32)9-37-21(25,26)27/h10-13H,1-9H2,(H,28,33)(H,29,34)(H,30,35)(H,31,36)/t11-,12-,13-/m0/s1. The Balaban J connectivity index is 1.67. The van der Waals surface area contributed by atoms with Crippen molar-refractivity contribution in [2.75, 3.05) is 13.2 Å². The first-order valence-electron chi connectivity index (χ1n) is 11.6. The van der Waals surface area contributed by atoms with Crippen LogP contribution in [0.5, 0.6) is 0 Å². The molecule has 0 spiro atoms. The van der Waals surface area contributed by atoms with Crippen molar-refractivity contribution >= 4 is 29.4 Å². The fourth-order valence-corrected chi connectivity index (χ4v) is 3.97. The van der Waals surface area contributed by atoms with E-state index in [2.05, 4.69) is 20.7 Å². The van der Waals surface area contributed by atoms with Gasteiger partial charge in [-0.2, -0.15) is 13.2 Å². The maximum Gasteiger partial charge on any atom is 0.522 e. The minimum Gasteiger partial charge on any atom is -0.356 e. The Labute approximate surface area is 206 Å². The SMILES string of the molecule is O=C(N[C@@H](CC1CC1)C(=O)N[C@@H](C[C@@H]1CCNC1=O)C(=O)COC(F)(F)F)C(=O)NC1(C(F)(F)F)CC1. The molecule has 0 aromatic carbocycles. The summed E-state index contributed by atoms with van der Waals surface area (Å²) in [4.78, 5) is 61.7. The van der Waals surface area contributed by atoms with E-state index in [0.29, 0.717) is 12.8 Å². The third-order valence-corrected chi connectivity index (χ3v) is 6.51. The second-order valence-electron chi connectivity index (χ2n) is 9.51. The van der Waals surface area contributed by atoms with Crippen molar-refractivity contribution in [1.82, 2.24) is 21.3 Å². The lowest BCUT2D eigenvalue weighted by Gasteiger charge is -2.25. The van der Waals surface area contributed by atoms with Crippen molar-refractivity contribution in [2.24, 2.45) is 11.8 Å². The fraction of sp³-hybridized carbons (Fsp3) is 0.762. The average molecular weight is 544 g/mol. The number of amides is 4. The Morgan fingerprint density at radius 3 is 2.08 bits per heavy atom. The normalized spacial score (nSPS) is 22.4. The van der Waals surface area contributed by atoms with E-state index in [4.69, 9.17) is 0 Å². The van der Waals surface area contributed by atoms with E-state index < -0.39 is 84.9 Å². The van der Waals surface area contributed by atoms with Gasteiger partial charge in [-0.05, 0) is 38.0 Å². The molecule has 2 aliphatic carbocycles. The van der Waals surface area contributed by atoms with Gasteiger partial charge in [-0.15, -0.1) is 13.2 Å². The molecule has 3 atom stereocenters. The Bertz CT molecular complexity index is 931. The van der Waals surface area contributed by atoms with Gasteiger partial charge in [-0.3, -0.25) is 28.7 Å². The molecule has 0 radical (unpaired) electrons. The van der Waals surface area contributed by atoms with Gasteiger partial charge in [0.1, 0.15) is 18.2 Å². The molecule has 3 rings (SSSR count). The van der Waals surface area contributed by atoms with Crippen LogP contribution in [-0.4, -0.2) is 72.7 Å². The summed E-state index contributed by atoms with van der Waals surface area (Å²) in [5.74, 6) is -6.60. The number of ketones is 1. The first-order valence-corrected chi connectivity index (χ1v) is 11.6. The van der Waals surface area contributed by atoms with Gasteiger partial charge in [0.15, 0.2) is 5.78 Å². The molecule has 0 bridgehead atoms. The van der Waals surface area contributed by atoms with Gasteiger partial charge in [0.25, 0.3) is 0 Å². The van der Waals surface area contributed by atoms with Gasteiger partial charge in [0, 0.05) is 12.5 Å². The first kappa shape index (κ1) is 28.7. The van der Waals surface area contributed by atoms with E-state index in [1.165, 1.54) is 0 Å². The second-order valence-corrected chi connectivity index (χ2v) is 9.51. The van der Waals surface area contributed by atoms with Crippen molar-refractivity contribution < 1.29 is 55.1 Å². The van der Waals surface area contributed by atoms with E-state index in [9.17, 15) is 50.3 Å². The Hall–Kier alpha value is -2.91. The molecule has 4 amide bonds. The van der Waals surface area contributed by atoms with Crippen LogP contribution in [0.15, 0.2) is 0 Å². The maximum atomic E-state index is 13.1. The number of rotatable bonds is 11. The number of nitrogens with one attached hydrogen (secondary N) is 4. The fourth-order valence-electron chi connectivity index (χ4n) is 3.97. The van der Waals surface area contributed by atoms with E-state index >= 15 is 0 Å². The maximum absolute atomic E-state index is 13.1. The highest BCUT2D eigenvalue weighted by atomic mass is 19.4. The molecule has 208 valence electrons. The van der Waals surface area contributed by atoms with E-state index in [1.54, 1.807) is 5.32 Å². The van der Waals surface area contributed by atoms with Gasteiger partial charge >= 0.3 is 24.4 Å².